The van der Waals surface area contributed by atoms with Crippen molar-refractivity contribution in [1.29, 1.82) is 0 Å². The van der Waals surface area contributed by atoms with Crippen LogP contribution in [0.4, 0.5) is 0 Å². The number of aliphatic imine (C=N–C) groups is 1. The molecule has 1 aromatic carbocycles. The van der Waals surface area contributed by atoms with E-state index in [-0.39, 0.29) is 6.61 Å². The van der Waals surface area contributed by atoms with E-state index in [4.69, 9.17) is 14.6 Å². The van der Waals surface area contributed by atoms with Gasteiger partial charge in [0.15, 0.2) is 11.5 Å². The van der Waals surface area contributed by atoms with Crippen LogP contribution in [0, 0.1) is 0 Å². The van der Waals surface area contributed by atoms with Crippen LogP contribution in [0.25, 0.3) is 0 Å². The second-order valence-corrected chi connectivity index (χ2v) is 4.27. The van der Waals surface area contributed by atoms with Gasteiger partial charge in [0.25, 0.3) is 0 Å². The van der Waals surface area contributed by atoms with Gasteiger partial charge >= 0.3 is 0 Å². The topological polar surface area (TPSA) is 51.0 Å². The van der Waals surface area contributed by atoms with Crippen molar-refractivity contribution in [2.75, 3.05) is 27.4 Å². The highest BCUT2D eigenvalue weighted by Gasteiger charge is 2.17. The van der Waals surface area contributed by atoms with Crippen molar-refractivity contribution in [2.45, 2.75) is 19.3 Å². The first-order chi connectivity index (χ1) is 8.80. The molecule has 0 fully saturated rings. The van der Waals surface area contributed by atoms with E-state index in [1.54, 1.807) is 14.2 Å². The predicted molar refractivity (Wildman–Crippen MR) is 71.0 cm³/mol. The fourth-order valence-electron chi connectivity index (χ4n) is 2.25. The second kappa shape index (κ2) is 5.87. The molecule has 0 saturated carbocycles. The Bertz CT molecular complexity index is 455. The first-order valence-corrected chi connectivity index (χ1v) is 6.19. The van der Waals surface area contributed by atoms with Crippen LogP contribution in [0.5, 0.6) is 11.5 Å². The molecule has 4 heteroatoms. The summed E-state index contributed by atoms with van der Waals surface area (Å²) in [6, 6.07) is 4.02. The predicted octanol–water partition coefficient (Wildman–Crippen LogP) is 1.82. The largest absolute Gasteiger partial charge is 0.493 e. The Morgan fingerprint density at radius 2 is 1.94 bits per heavy atom. The van der Waals surface area contributed by atoms with Gasteiger partial charge in [0.2, 0.25) is 0 Å². The highest BCUT2D eigenvalue weighted by Crippen LogP contribution is 2.33. The van der Waals surface area contributed by atoms with Crippen molar-refractivity contribution >= 4 is 5.71 Å². The summed E-state index contributed by atoms with van der Waals surface area (Å²) in [5.74, 6) is 1.49. The maximum atomic E-state index is 8.93. The molecule has 0 aromatic heterocycles. The van der Waals surface area contributed by atoms with E-state index in [2.05, 4.69) is 4.99 Å². The molecule has 18 heavy (non-hydrogen) atoms. The maximum absolute atomic E-state index is 8.93. The molecule has 0 amide bonds. The summed E-state index contributed by atoms with van der Waals surface area (Å²) in [6.07, 6.45) is 2.48. The number of benzene rings is 1. The lowest BCUT2D eigenvalue weighted by Gasteiger charge is -2.19. The summed E-state index contributed by atoms with van der Waals surface area (Å²) in [7, 11) is 3.28. The lowest BCUT2D eigenvalue weighted by molar-refractivity contribution is 0.291. The van der Waals surface area contributed by atoms with Crippen LogP contribution in [0.3, 0.4) is 0 Å². The van der Waals surface area contributed by atoms with Crippen LogP contribution in [0.15, 0.2) is 17.1 Å². The Labute approximate surface area is 107 Å². The molecule has 1 aliphatic heterocycles. The van der Waals surface area contributed by atoms with Gasteiger partial charge in [-0.3, -0.25) is 4.99 Å². The lowest BCUT2D eigenvalue weighted by Crippen LogP contribution is -2.14. The number of methoxy groups -OCH3 is 2. The summed E-state index contributed by atoms with van der Waals surface area (Å²) in [5, 5.41) is 8.93. The smallest absolute Gasteiger partial charge is 0.161 e. The third-order valence-electron chi connectivity index (χ3n) is 3.18. The zero-order valence-electron chi connectivity index (χ0n) is 10.9. The van der Waals surface area contributed by atoms with Crippen molar-refractivity contribution in [2.24, 2.45) is 4.99 Å². The molecule has 0 spiro atoms. The Balaban J connectivity index is 2.36. The minimum atomic E-state index is 0.196. The molecule has 98 valence electrons. The third kappa shape index (κ3) is 2.48. The minimum absolute atomic E-state index is 0.196. The second-order valence-electron chi connectivity index (χ2n) is 4.27. The number of nitrogens with zero attached hydrogens (tertiary/aromatic N) is 1. The maximum Gasteiger partial charge on any atom is 0.161 e. The number of rotatable bonds is 5. The van der Waals surface area contributed by atoms with E-state index in [1.165, 1.54) is 5.56 Å². The van der Waals surface area contributed by atoms with Gasteiger partial charge in [-0.1, -0.05) is 0 Å². The molecule has 1 aromatic rings. The van der Waals surface area contributed by atoms with Crippen LogP contribution in [0.2, 0.25) is 0 Å². The lowest BCUT2D eigenvalue weighted by atomic mass is 9.94. The average molecular weight is 249 g/mol. The monoisotopic (exact) mass is 249 g/mol. The highest BCUT2D eigenvalue weighted by atomic mass is 16.5. The Kier molecular flexibility index (Phi) is 4.20. The van der Waals surface area contributed by atoms with Crippen molar-refractivity contribution in [1.82, 2.24) is 0 Å². The Morgan fingerprint density at radius 1 is 1.22 bits per heavy atom. The number of ether oxygens (including phenoxy) is 2. The molecule has 1 aliphatic rings. The Morgan fingerprint density at radius 3 is 2.61 bits per heavy atom. The van der Waals surface area contributed by atoms with Crippen molar-refractivity contribution in [3.05, 3.63) is 23.3 Å². The van der Waals surface area contributed by atoms with Gasteiger partial charge in [-0.25, -0.2) is 0 Å². The SMILES string of the molecule is COc1cc2c(cc1OC)C(CCCO)=NCC2. The molecule has 0 unspecified atom stereocenters. The van der Waals surface area contributed by atoms with Gasteiger partial charge in [0.1, 0.15) is 0 Å². The quantitative estimate of drug-likeness (QED) is 0.866. The van der Waals surface area contributed by atoms with Gasteiger partial charge < -0.3 is 14.6 Å². The van der Waals surface area contributed by atoms with E-state index in [0.717, 1.165) is 48.6 Å². The normalized spacial score (nSPS) is 13.8. The molecule has 2 rings (SSSR count). The zero-order chi connectivity index (χ0) is 13.0. The fourth-order valence-corrected chi connectivity index (χ4v) is 2.25. The summed E-state index contributed by atoms with van der Waals surface area (Å²) in [4.78, 5) is 4.55. The molecular weight excluding hydrogens is 230 g/mol. The molecule has 1 N–H and O–H groups in total. The number of fused-ring (bicyclic) bond motifs is 1. The van der Waals surface area contributed by atoms with E-state index < -0.39 is 0 Å². The molecule has 0 aliphatic carbocycles. The van der Waals surface area contributed by atoms with Crippen LogP contribution < -0.4 is 9.47 Å². The van der Waals surface area contributed by atoms with Gasteiger partial charge in [0, 0.05) is 24.4 Å². The van der Waals surface area contributed by atoms with E-state index in [9.17, 15) is 0 Å². The van der Waals surface area contributed by atoms with Crippen LogP contribution in [-0.2, 0) is 6.42 Å². The van der Waals surface area contributed by atoms with Crippen molar-refractivity contribution in [3.8, 4) is 11.5 Å². The van der Waals surface area contributed by atoms with Crippen LogP contribution in [-0.4, -0.2) is 38.2 Å². The van der Waals surface area contributed by atoms with Crippen LogP contribution in [0.1, 0.15) is 24.0 Å². The number of aliphatic hydroxyl groups excluding tert-OH is 1. The summed E-state index contributed by atoms with van der Waals surface area (Å²) in [5.41, 5.74) is 3.44. The number of aliphatic hydroxyl groups is 1. The minimum Gasteiger partial charge on any atom is -0.493 e. The van der Waals surface area contributed by atoms with Crippen LogP contribution >= 0.6 is 0 Å². The first kappa shape index (κ1) is 12.9. The first-order valence-electron chi connectivity index (χ1n) is 6.19. The van der Waals surface area contributed by atoms with Crippen molar-refractivity contribution in [3.63, 3.8) is 0 Å². The third-order valence-corrected chi connectivity index (χ3v) is 3.18. The highest BCUT2D eigenvalue weighted by molar-refractivity contribution is 6.03. The molecule has 0 atom stereocenters. The number of hydrogen-bond acceptors (Lipinski definition) is 4. The van der Waals surface area contributed by atoms with Gasteiger partial charge in [-0.05, 0) is 37.0 Å². The summed E-state index contributed by atoms with van der Waals surface area (Å²) < 4.78 is 10.6. The standard InChI is InChI=1S/C14H19NO3/c1-17-13-8-10-5-6-15-12(4-3-7-16)11(10)9-14(13)18-2/h8-9,16H,3-7H2,1-2H3. The zero-order valence-corrected chi connectivity index (χ0v) is 10.9. The fraction of sp³-hybridized carbons (Fsp3) is 0.500. The summed E-state index contributed by atoms with van der Waals surface area (Å²) in [6.45, 7) is 1.00. The van der Waals surface area contributed by atoms with Gasteiger partial charge in [0.05, 0.1) is 14.2 Å². The molecule has 0 bridgehead atoms. The van der Waals surface area contributed by atoms with Gasteiger partial charge in [-0.2, -0.15) is 0 Å². The average Bonchev–Trinajstić information content (AvgIpc) is 2.43. The molecule has 0 saturated heterocycles. The molecule has 0 radical (unpaired) electrons. The Hall–Kier alpha value is -1.55. The van der Waals surface area contributed by atoms with E-state index in [0.29, 0.717) is 0 Å². The van der Waals surface area contributed by atoms with E-state index >= 15 is 0 Å². The molecule has 1 heterocycles. The summed E-state index contributed by atoms with van der Waals surface area (Å²) >= 11 is 0. The molecule has 4 nitrogen and oxygen atoms in total. The van der Waals surface area contributed by atoms with Crippen molar-refractivity contribution < 1.29 is 14.6 Å². The van der Waals surface area contributed by atoms with Gasteiger partial charge in [-0.15, -0.1) is 0 Å². The van der Waals surface area contributed by atoms with E-state index in [1.807, 2.05) is 12.1 Å². The molecular formula is C14H19NO3. The number of hydrogen-bond donors (Lipinski definition) is 1.